The van der Waals surface area contributed by atoms with E-state index in [0.29, 0.717) is 5.92 Å². The fourth-order valence-electron chi connectivity index (χ4n) is 0.851. The zero-order valence-corrected chi connectivity index (χ0v) is 9.17. The Morgan fingerprint density at radius 3 is 2.46 bits per heavy atom. The van der Waals surface area contributed by atoms with Crippen LogP contribution in [0.15, 0.2) is 35.6 Å². The van der Waals surface area contributed by atoms with E-state index in [1.165, 1.54) is 5.57 Å². The SMILES string of the molecule is C/C=C\CC(C)=C(N)/C=C\C(C)C. The van der Waals surface area contributed by atoms with Crippen LogP contribution in [0.25, 0.3) is 0 Å². The van der Waals surface area contributed by atoms with E-state index in [4.69, 9.17) is 5.73 Å². The third kappa shape index (κ3) is 6.21. The maximum Gasteiger partial charge on any atom is 0.0303 e. The van der Waals surface area contributed by atoms with E-state index in [1.54, 1.807) is 0 Å². The topological polar surface area (TPSA) is 26.0 Å². The lowest BCUT2D eigenvalue weighted by Crippen LogP contribution is -1.97. The standard InChI is InChI=1S/C12H21N/c1-5-6-7-11(4)12(13)9-8-10(2)3/h5-6,8-10H,7,13H2,1-4H3/b6-5-,9-8-,12-11?. The highest BCUT2D eigenvalue weighted by Gasteiger charge is 1.92. The summed E-state index contributed by atoms with van der Waals surface area (Å²) in [6.45, 7) is 8.38. The van der Waals surface area contributed by atoms with Crippen LogP contribution < -0.4 is 5.73 Å². The molecule has 0 aliphatic carbocycles. The molecule has 0 saturated carbocycles. The van der Waals surface area contributed by atoms with Gasteiger partial charge in [-0.05, 0) is 37.8 Å². The quantitative estimate of drug-likeness (QED) is 0.519. The van der Waals surface area contributed by atoms with Gasteiger partial charge in [-0.2, -0.15) is 0 Å². The van der Waals surface area contributed by atoms with Gasteiger partial charge in [0, 0.05) is 5.70 Å². The molecule has 1 heteroatoms. The van der Waals surface area contributed by atoms with Gasteiger partial charge in [0.15, 0.2) is 0 Å². The lowest BCUT2D eigenvalue weighted by atomic mass is 10.1. The lowest BCUT2D eigenvalue weighted by molar-refractivity contribution is 0.830. The van der Waals surface area contributed by atoms with Crippen molar-refractivity contribution in [2.24, 2.45) is 11.7 Å². The van der Waals surface area contributed by atoms with Gasteiger partial charge in [-0.25, -0.2) is 0 Å². The summed E-state index contributed by atoms with van der Waals surface area (Å²) < 4.78 is 0. The number of allylic oxidation sites excluding steroid dienone is 5. The van der Waals surface area contributed by atoms with E-state index in [1.807, 2.05) is 19.1 Å². The van der Waals surface area contributed by atoms with Crippen molar-refractivity contribution in [3.63, 3.8) is 0 Å². The molecule has 0 aromatic rings. The zero-order valence-electron chi connectivity index (χ0n) is 9.17. The molecule has 13 heavy (non-hydrogen) atoms. The maximum atomic E-state index is 5.87. The van der Waals surface area contributed by atoms with Crippen LogP contribution in [0, 0.1) is 5.92 Å². The molecule has 0 aliphatic heterocycles. The normalized spacial score (nSPS) is 14.5. The van der Waals surface area contributed by atoms with Crippen LogP contribution in [0.3, 0.4) is 0 Å². The van der Waals surface area contributed by atoms with Crippen molar-refractivity contribution in [2.45, 2.75) is 34.1 Å². The van der Waals surface area contributed by atoms with Crippen molar-refractivity contribution in [1.29, 1.82) is 0 Å². The maximum absolute atomic E-state index is 5.87. The number of hydrogen-bond donors (Lipinski definition) is 1. The molecule has 0 fully saturated rings. The van der Waals surface area contributed by atoms with E-state index in [0.717, 1.165) is 12.1 Å². The van der Waals surface area contributed by atoms with Gasteiger partial charge in [-0.1, -0.05) is 32.1 Å². The summed E-state index contributed by atoms with van der Waals surface area (Å²) in [5.74, 6) is 0.563. The first-order valence-electron chi connectivity index (χ1n) is 4.82. The fourth-order valence-corrected chi connectivity index (χ4v) is 0.851. The van der Waals surface area contributed by atoms with Crippen LogP contribution in [-0.4, -0.2) is 0 Å². The molecule has 0 saturated heterocycles. The third-order valence-corrected chi connectivity index (χ3v) is 1.81. The van der Waals surface area contributed by atoms with Gasteiger partial charge >= 0.3 is 0 Å². The summed E-state index contributed by atoms with van der Waals surface area (Å²) in [4.78, 5) is 0. The Morgan fingerprint density at radius 1 is 1.38 bits per heavy atom. The molecule has 0 heterocycles. The van der Waals surface area contributed by atoms with Gasteiger partial charge in [-0.3, -0.25) is 0 Å². The van der Waals surface area contributed by atoms with Crippen LogP contribution in [-0.2, 0) is 0 Å². The minimum absolute atomic E-state index is 0.563. The van der Waals surface area contributed by atoms with Gasteiger partial charge in [-0.15, -0.1) is 0 Å². The Labute approximate surface area is 82.0 Å². The second-order valence-corrected chi connectivity index (χ2v) is 3.61. The molecular formula is C12H21N. The highest BCUT2D eigenvalue weighted by Crippen LogP contribution is 2.07. The average Bonchev–Trinajstić information content (AvgIpc) is 2.10. The van der Waals surface area contributed by atoms with Crippen molar-refractivity contribution in [1.82, 2.24) is 0 Å². The van der Waals surface area contributed by atoms with Crippen molar-refractivity contribution >= 4 is 0 Å². The molecule has 0 atom stereocenters. The lowest BCUT2D eigenvalue weighted by Gasteiger charge is -2.01. The van der Waals surface area contributed by atoms with Crippen molar-refractivity contribution in [3.05, 3.63) is 35.6 Å². The minimum Gasteiger partial charge on any atom is -0.399 e. The molecule has 1 nitrogen and oxygen atoms in total. The molecule has 74 valence electrons. The number of hydrogen-bond acceptors (Lipinski definition) is 1. The van der Waals surface area contributed by atoms with Crippen molar-refractivity contribution in [2.75, 3.05) is 0 Å². The zero-order chi connectivity index (χ0) is 10.3. The van der Waals surface area contributed by atoms with Crippen LogP contribution in [0.4, 0.5) is 0 Å². The Balaban J connectivity index is 4.26. The average molecular weight is 179 g/mol. The van der Waals surface area contributed by atoms with Crippen molar-refractivity contribution in [3.8, 4) is 0 Å². The Bertz CT molecular complexity index is 219. The summed E-state index contributed by atoms with van der Waals surface area (Å²) >= 11 is 0. The molecule has 0 unspecified atom stereocenters. The largest absolute Gasteiger partial charge is 0.399 e. The smallest absolute Gasteiger partial charge is 0.0303 e. The van der Waals surface area contributed by atoms with E-state index < -0.39 is 0 Å². The fraction of sp³-hybridized carbons (Fsp3) is 0.500. The minimum atomic E-state index is 0.563. The summed E-state index contributed by atoms with van der Waals surface area (Å²) in [6.07, 6.45) is 9.23. The summed E-state index contributed by atoms with van der Waals surface area (Å²) in [6, 6.07) is 0. The molecule has 2 N–H and O–H groups in total. The summed E-state index contributed by atoms with van der Waals surface area (Å²) in [5, 5.41) is 0. The number of rotatable bonds is 4. The first-order chi connectivity index (χ1) is 6.07. The molecule has 0 spiro atoms. The van der Waals surface area contributed by atoms with Crippen LogP contribution >= 0.6 is 0 Å². The number of nitrogens with two attached hydrogens (primary N) is 1. The van der Waals surface area contributed by atoms with E-state index >= 15 is 0 Å². The van der Waals surface area contributed by atoms with Gasteiger partial charge < -0.3 is 5.73 Å². The first kappa shape index (κ1) is 12.0. The van der Waals surface area contributed by atoms with Gasteiger partial charge in [0.1, 0.15) is 0 Å². The van der Waals surface area contributed by atoms with Crippen LogP contribution in [0.2, 0.25) is 0 Å². The highest BCUT2D eigenvalue weighted by atomic mass is 14.6. The highest BCUT2D eigenvalue weighted by molar-refractivity contribution is 5.23. The van der Waals surface area contributed by atoms with Gasteiger partial charge in [0.2, 0.25) is 0 Å². The third-order valence-electron chi connectivity index (χ3n) is 1.81. The summed E-state index contributed by atoms with van der Waals surface area (Å²) in [7, 11) is 0. The molecule has 0 amide bonds. The molecular weight excluding hydrogens is 158 g/mol. The predicted molar refractivity (Wildman–Crippen MR) is 60.3 cm³/mol. The van der Waals surface area contributed by atoms with E-state index in [-0.39, 0.29) is 0 Å². The molecule has 0 rings (SSSR count). The van der Waals surface area contributed by atoms with Crippen LogP contribution in [0.1, 0.15) is 34.1 Å². The van der Waals surface area contributed by atoms with Gasteiger partial charge in [0.05, 0.1) is 0 Å². The summed E-state index contributed by atoms with van der Waals surface area (Å²) in [5.41, 5.74) is 7.99. The Hall–Kier alpha value is -0.980. The molecule has 0 radical (unpaired) electrons. The van der Waals surface area contributed by atoms with Crippen LogP contribution in [0.5, 0.6) is 0 Å². The van der Waals surface area contributed by atoms with Crippen molar-refractivity contribution < 1.29 is 0 Å². The van der Waals surface area contributed by atoms with E-state index in [9.17, 15) is 0 Å². The Morgan fingerprint density at radius 2 is 2.00 bits per heavy atom. The second kappa shape index (κ2) is 6.53. The molecule has 0 aromatic carbocycles. The molecule has 0 bridgehead atoms. The first-order valence-corrected chi connectivity index (χ1v) is 4.82. The monoisotopic (exact) mass is 179 g/mol. The Kier molecular flexibility index (Phi) is 6.03. The predicted octanol–water partition coefficient (Wildman–Crippen LogP) is 3.40. The van der Waals surface area contributed by atoms with Gasteiger partial charge in [0.25, 0.3) is 0 Å². The second-order valence-electron chi connectivity index (χ2n) is 3.61. The molecule has 0 aromatic heterocycles. The van der Waals surface area contributed by atoms with E-state index in [2.05, 4.69) is 32.9 Å². The molecule has 0 aliphatic rings.